The largest absolute Gasteiger partial charge is 0.464 e. The zero-order valence-electron chi connectivity index (χ0n) is 12.8. The van der Waals surface area contributed by atoms with Crippen LogP contribution in [0.1, 0.15) is 51.7 Å². The van der Waals surface area contributed by atoms with Gasteiger partial charge >= 0.3 is 5.97 Å². The molecular weight excluding hydrogens is 238 g/mol. The Morgan fingerprint density at radius 1 is 1.37 bits per heavy atom. The van der Waals surface area contributed by atoms with Gasteiger partial charge in [0.15, 0.2) is 0 Å². The van der Waals surface area contributed by atoms with Gasteiger partial charge in [-0.15, -0.1) is 0 Å². The van der Waals surface area contributed by atoms with Crippen LogP contribution in [0.3, 0.4) is 0 Å². The van der Waals surface area contributed by atoms with E-state index in [1.54, 1.807) is 0 Å². The zero-order valence-corrected chi connectivity index (χ0v) is 12.8. The minimum atomic E-state index is -0.726. The van der Waals surface area contributed by atoms with Crippen molar-refractivity contribution in [2.75, 3.05) is 11.9 Å². The molecule has 0 saturated heterocycles. The highest BCUT2D eigenvalue weighted by atomic mass is 16.5. The third-order valence-electron chi connectivity index (χ3n) is 3.16. The van der Waals surface area contributed by atoms with Gasteiger partial charge in [-0.2, -0.15) is 0 Å². The van der Waals surface area contributed by atoms with E-state index in [1.165, 1.54) is 5.56 Å². The molecule has 0 bridgehead atoms. The molecule has 106 valence electrons. The SMILES string of the molecule is CCOC(=O)C(C)(C)Nc1cc(C(C)C)ccc1C. The highest BCUT2D eigenvalue weighted by molar-refractivity contribution is 5.83. The first-order valence-corrected chi connectivity index (χ1v) is 6.84. The van der Waals surface area contributed by atoms with Crippen LogP contribution in [0.4, 0.5) is 5.69 Å². The molecule has 0 radical (unpaired) electrons. The molecule has 0 aliphatic rings. The molecule has 1 aromatic carbocycles. The molecule has 0 unspecified atom stereocenters. The topological polar surface area (TPSA) is 38.3 Å². The molecule has 1 rings (SSSR count). The maximum absolute atomic E-state index is 11.9. The van der Waals surface area contributed by atoms with E-state index in [-0.39, 0.29) is 5.97 Å². The van der Waals surface area contributed by atoms with Gasteiger partial charge in [0.2, 0.25) is 0 Å². The van der Waals surface area contributed by atoms with Gasteiger partial charge in [-0.1, -0.05) is 26.0 Å². The third-order valence-corrected chi connectivity index (χ3v) is 3.16. The van der Waals surface area contributed by atoms with E-state index in [1.807, 2.05) is 27.7 Å². The Kier molecular flexibility index (Phi) is 4.98. The molecule has 3 nitrogen and oxygen atoms in total. The van der Waals surface area contributed by atoms with Gasteiger partial charge in [-0.3, -0.25) is 0 Å². The van der Waals surface area contributed by atoms with Gasteiger partial charge in [0, 0.05) is 5.69 Å². The van der Waals surface area contributed by atoms with Crippen LogP contribution in [-0.4, -0.2) is 18.1 Å². The van der Waals surface area contributed by atoms with Crippen molar-refractivity contribution in [1.82, 2.24) is 0 Å². The van der Waals surface area contributed by atoms with Gasteiger partial charge in [0.1, 0.15) is 5.54 Å². The van der Waals surface area contributed by atoms with E-state index in [0.29, 0.717) is 12.5 Å². The summed E-state index contributed by atoms with van der Waals surface area (Å²) in [7, 11) is 0. The first-order valence-electron chi connectivity index (χ1n) is 6.84. The van der Waals surface area contributed by atoms with Gasteiger partial charge in [0.25, 0.3) is 0 Å². The van der Waals surface area contributed by atoms with Crippen LogP contribution in [0.2, 0.25) is 0 Å². The molecular formula is C16H25NO2. The van der Waals surface area contributed by atoms with Crippen LogP contribution in [0.5, 0.6) is 0 Å². The Labute approximate surface area is 116 Å². The molecule has 0 amide bonds. The quantitative estimate of drug-likeness (QED) is 0.819. The summed E-state index contributed by atoms with van der Waals surface area (Å²) in [4.78, 5) is 11.9. The number of anilines is 1. The molecule has 0 aromatic heterocycles. The smallest absolute Gasteiger partial charge is 0.331 e. The molecule has 1 N–H and O–H groups in total. The Morgan fingerprint density at radius 3 is 2.53 bits per heavy atom. The van der Waals surface area contributed by atoms with Gasteiger partial charge in [-0.05, 0) is 50.8 Å². The summed E-state index contributed by atoms with van der Waals surface area (Å²) in [6.07, 6.45) is 0. The van der Waals surface area contributed by atoms with Crippen LogP contribution in [0, 0.1) is 6.92 Å². The van der Waals surface area contributed by atoms with Crippen LogP contribution >= 0.6 is 0 Å². The molecule has 1 aromatic rings. The molecule has 3 heteroatoms. The van der Waals surface area contributed by atoms with Crippen molar-refractivity contribution < 1.29 is 9.53 Å². The summed E-state index contributed by atoms with van der Waals surface area (Å²) in [5, 5.41) is 3.29. The number of hydrogen-bond donors (Lipinski definition) is 1. The lowest BCUT2D eigenvalue weighted by Gasteiger charge is -2.26. The van der Waals surface area contributed by atoms with Crippen molar-refractivity contribution in [2.24, 2.45) is 0 Å². The third kappa shape index (κ3) is 3.98. The molecule has 0 aliphatic carbocycles. The molecule has 0 atom stereocenters. The average molecular weight is 263 g/mol. The van der Waals surface area contributed by atoms with E-state index < -0.39 is 5.54 Å². The maximum Gasteiger partial charge on any atom is 0.331 e. The fraction of sp³-hybridized carbons (Fsp3) is 0.562. The van der Waals surface area contributed by atoms with Crippen molar-refractivity contribution in [3.8, 4) is 0 Å². The second kappa shape index (κ2) is 6.09. The van der Waals surface area contributed by atoms with Crippen molar-refractivity contribution in [2.45, 2.75) is 53.0 Å². The summed E-state index contributed by atoms with van der Waals surface area (Å²) in [5.74, 6) is 0.233. The van der Waals surface area contributed by atoms with Gasteiger partial charge < -0.3 is 10.1 Å². The number of ether oxygens (including phenoxy) is 1. The van der Waals surface area contributed by atoms with Gasteiger partial charge in [0.05, 0.1) is 6.61 Å². The maximum atomic E-state index is 11.9. The number of carbonyl (C=O) groups excluding carboxylic acids is 1. The van der Waals surface area contributed by atoms with Crippen molar-refractivity contribution in [3.05, 3.63) is 29.3 Å². The van der Waals surface area contributed by atoms with E-state index in [0.717, 1.165) is 11.3 Å². The normalized spacial score (nSPS) is 11.5. The summed E-state index contributed by atoms with van der Waals surface area (Å²) >= 11 is 0. The zero-order chi connectivity index (χ0) is 14.6. The summed E-state index contributed by atoms with van der Waals surface area (Å²) in [5.41, 5.74) is 2.65. The Morgan fingerprint density at radius 2 is 2.00 bits per heavy atom. The number of esters is 1. The van der Waals surface area contributed by atoms with Crippen LogP contribution < -0.4 is 5.32 Å². The Balaban J connectivity index is 2.98. The predicted octanol–water partition coefficient (Wildman–Crippen LogP) is 3.87. The average Bonchev–Trinajstić information content (AvgIpc) is 2.31. The lowest BCUT2D eigenvalue weighted by Crippen LogP contribution is -2.41. The highest BCUT2D eigenvalue weighted by Gasteiger charge is 2.29. The summed E-state index contributed by atoms with van der Waals surface area (Å²) in [6.45, 7) is 12.2. The lowest BCUT2D eigenvalue weighted by molar-refractivity contribution is -0.147. The van der Waals surface area contributed by atoms with E-state index >= 15 is 0 Å². The highest BCUT2D eigenvalue weighted by Crippen LogP contribution is 2.25. The fourth-order valence-electron chi connectivity index (χ4n) is 1.83. The van der Waals surface area contributed by atoms with Crippen molar-refractivity contribution >= 4 is 11.7 Å². The number of carbonyl (C=O) groups is 1. The molecule has 0 spiro atoms. The minimum Gasteiger partial charge on any atom is -0.464 e. The number of benzene rings is 1. The molecule has 0 fully saturated rings. The molecule has 0 heterocycles. The molecule has 0 aliphatic heterocycles. The predicted molar refractivity (Wildman–Crippen MR) is 79.6 cm³/mol. The second-order valence-corrected chi connectivity index (χ2v) is 5.70. The molecule has 19 heavy (non-hydrogen) atoms. The Hall–Kier alpha value is -1.51. The van der Waals surface area contributed by atoms with Gasteiger partial charge in [-0.25, -0.2) is 4.79 Å². The van der Waals surface area contributed by atoms with Crippen molar-refractivity contribution in [3.63, 3.8) is 0 Å². The first kappa shape index (κ1) is 15.5. The summed E-state index contributed by atoms with van der Waals surface area (Å²) in [6, 6.07) is 6.32. The van der Waals surface area contributed by atoms with Crippen molar-refractivity contribution in [1.29, 1.82) is 0 Å². The number of aryl methyl sites for hydroxylation is 1. The molecule has 0 saturated carbocycles. The Bertz CT molecular complexity index is 450. The number of rotatable bonds is 5. The minimum absolute atomic E-state index is 0.232. The van der Waals surface area contributed by atoms with E-state index in [2.05, 4.69) is 37.4 Å². The van der Waals surface area contributed by atoms with E-state index in [4.69, 9.17) is 4.74 Å². The van der Waals surface area contributed by atoms with Crippen LogP contribution in [0.25, 0.3) is 0 Å². The van der Waals surface area contributed by atoms with Crippen LogP contribution in [-0.2, 0) is 9.53 Å². The monoisotopic (exact) mass is 263 g/mol. The summed E-state index contributed by atoms with van der Waals surface area (Å²) < 4.78 is 5.10. The standard InChI is InChI=1S/C16H25NO2/c1-7-19-15(18)16(5,6)17-14-10-13(11(2)3)9-8-12(14)4/h8-11,17H,7H2,1-6H3. The number of nitrogens with one attached hydrogen (secondary N) is 1. The fourth-order valence-corrected chi connectivity index (χ4v) is 1.83. The van der Waals surface area contributed by atoms with Crippen LogP contribution in [0.15, 0.2) is 18.2 Å². The van der Waals surface area contributed by atoms with E-state index in [9.17, 15) is 4.79 Å². The first-order chi connectivity index (χ1) is 8.77. The second-order valence-electron chi connectivity index (χ2n) is 5.70. The lowest BCUT2D eigenvalue weighted by atomic mass is 9.98. The number of hydrogen-bond acceptors (Lipinski definition) is 3.